The number of benzene rings is 1. The Morgan fingerprint density at radius 1 is 1.29 bits per heavy atom. The molecule has 0 saturated carbocycles. The molecular formula is C14H6BrF2NO2S. The lowest BCUT2D eigenvalue weighted by Crippen LogP contribution is -2.07. The molecule has 2 heterocycles. The summed E-state index contributed by atoms with van der Waals surface area (Å²) < 4.78 is 32.4. The molecule has 0 unspecified atom stereocenters. The highest BCUT2D eigenvalue weighted by Crippen LogP contribution is 2.25. The summed E-state index contributed by atoms with van der Waals surface area (Å²) in [7, 11) is 0. The van der Waals surface area contributed by atoms with Crippen LogP contribution in [0.4, 0.5) is 8.78 Å². The minimum absolute atomic E-state index is 0.0559. The topological polar surface area (TPSA) is 38.7 Å². The first-order valence-electron chi connectivity index (χ1n) is 5.75. The zero-order chi connectivity index (χ0) is 15.0. The maximum absolute atomic E-state index is 13.7. The fourth-order valence-electron chi connectivity index (χ4n) is 1.74. The third-order valence-corrected chi connectivity index (χ3v) is 4.20. The van der Waals surface area contributed by atoms with E-state index in [1.54, 1.807) is 0 Å². The predicted molar refractivity (Wildman–Crippen MR) is 79.0 cm³/mol. The first kappa shape index (κ1) is 14.1. The standard InChI is InChI=1S/C14H6BrF2NO2S/c15-12-4-7(6-21-12)3-11-14(19)20-13(18-11)9-2-1-8(16)5-10(9)17/h1-6H/b11-3-. The van der Waals surface area contributed by atoms with Crippen molar-refractivity contribution in [3.63, 3.8) is 0 Å². The number of carbonyl (C=O) groups is 1. The molecule has 3 nitrogen and oxygen atoms in total. The van der Waals surface area contributed by atoms with Crippen molar-refractivity contribution in [3.8, 4) is 0 Å². The largest absolute Gasteiger partial charge is 0.402 e. The Morgan fingerprint density at radius 3 is 2.76 bits per heavy atom. The van der Waals surface area contributed by atoms with E-state index in [-0.39, 0.29) is 17.2 Å². The molecule has 1 aliphatic rings. The molecular weight excluding hydrogens is 364 g/mol. The number of rotatable bonds is 2. The summed E-state index contributed by atoms with van der Waals surface area (Å²) >= 11 is 4.77. The summed E-state index contributed by atoms with van der Waals surface area (Å²) in [6, 6.07) is 4.79. The zero-order valence-electron chi connectivity index (χ0n) is 10.3. The van der Waals surface area contributed by atoms with Crippen molar-refractivity contribution in [2.45, 2.75) is 0 Å². The normalized spacial score (nSPS) is 16.2. The third-order valence-electron chi connectivity index (χ3n) is 2.67. The molecule has 2 aromatic rings. The SMILES string of the molecule is O=C1OC(c2ccc(F)cc2F)=N/C1=C\c1csc(Br)c1. The van der Waals surface area contributed by atoms with E-state index in [1.807, 2.05) is 11.4 Å². The van der Waals surface area contributed by atoms with Crippen LogP contribution in [0.1, 0.15) is 11.1 Å². The number of halogens is 3. The number of cyclic esters (lactones) is 1. The van der Waals surface area contributed by atoms with E-state index in [0.29, 0.717) is 6.07 Å². The molecule has 21 heavy (non-hydrogen) atoms. The van der Waals surface area contributed by atoms with Gasteiger partial charge in [0.2, 0.25) is 5.90 Å². The van der Waals surface area contributed by atoms with Gasteiger partial charge < -0.3 is 4.74 Å². The number of thiophene rings is 1. The average Bonchev–Trinajstić information content (AvgIpc) is 2.97. The second-order valence-electron chi connectivity index (χ2n) is 4.14. The molecule has 0 radical (unpaired) electrons. The summed E-state index contributed by atoms with van der Waals surface area (Å²) in [5.74, 6) is -2.38. The maximum Gasteiger partial charge on any atom is 0.363 e. The minimum atomic E-state index is -0.832. The van der Waals surface area contributed by atoms with Gasteiger partial charge in [0, 0.05) is 6.07 Å². The fourth-order valence-corrected chi connectivity index (χ4v) is 2.88. The van der Waals surface area contributed by atoms with Gasteiger partial charge in [-0.15, -0.1) is 11.3 Å². The number of nitrogens with zero attached hydrogens (tertiary/aromatic N) is 1. The quantitative estimate of drug-likeness (QED) is 0.589. The van der Waals surface area contributed by atoms with Crippen molar-refractivity contribution in [2.24, 2.45) is 4.99 Å². The molecule has 0 fully saturated rings. The van der Waals surface area contributed by atoms with Crippen LogP contribution in [-0.2, 0) is 9.53 Å². The number of hydrogen-bond acceptors (Lipinski definition) is 4. The second kappa shape index (κ2) is 5.50. The third kappa shape index (κ3) is 2.93. The fraction of sp³-hybridized carbons (Fsp3) is 0. The van der Waals surface area contributed by atoms with Gasteiger partial charge in [0.05, 0.1) is 9.35 Å². The van der Waals surface area contributed by atoms with Gasteiger partial charge in [-0.05, 0) is 51.1 Å². The lowest BCUT2D eigenvalue weighted by molar-refractivity contribution is -0.129. The monoisotopic (exact) mass is 369 g/mol. The van der Waals surface area contributed by atoms with Crippen molar-refractivity contribution < 1.29 is 18.3 Å². The summed E-state index contributed by atoms with van der Waals surface area (Å²) in [5, 5.41) is 1.83. The van der Waals surface area contributed by atoms with Crippen molar-refractivity contribution in [2.75, 3.05) is 0 Å². The van der Waals surface area contributed by atoms with Gasteiger partial charge in [0.15, 0.2) is 5.70 Å². The highest BCUT2D eigenvalue weighted by Gasteiger charge is 2.26. The van der Waals surface area contributed by atoms with Gasteiger partial charge in [-0.1, -0.05) is 0 Å². The van der Waals surface area contributed by atoms with Crippen molar-refractivity contribution in [1.29, 1.82) is 0 Å². The van der Waals surface area contributed by atoms with E-state index in [2.05, 4.69) is 20.9 Å². The Bertz CT molecular complexity index is 798. The molecule has 0 aliphatic carbocycles. The van der Waals surface area contributed by atoms with Crippen molar-refractivity contribution in [3.05, 3.63) is 61.9 Å². The predicted octanol–water partition coefficient (Wildman–Crippen LogP) is 4.13. The lowest BCUT2D eigenvalue weighted by atomic mass is 10.2. The van der Waals surface area contributed by atoms with Crippen LogP contribution >= 0.6 is 27.3 Å². The molecule has 106 valence electrons. The first-order chi connectivity index (χ1) is 10.0. The van der Waals surface area contributed by atoms with E-state index in [0.717, 1.165) is 15.4 Å². The van der Waals surface area contributed by atoms with Crippen LogP contribution in [0.5, 0.6) is 0 Å². The molecule has 3 rings (SSSR count). The number of ether oxygens (including phenoxy) is 1. The van der Waals surface area contributed by atoms with Crippen molar-refractivity contribution >= 4 is 45.2 Å². The van der Waals surface area contributed by atoms with E-state index < -0.39 is 17.6 Å². The smallest absolute Gasteiger partial charge is 0.363 e. The molecule has 0 N–H and O–H groups in total. The molecule has 0 bridgehead atoms. The summed E-state index contributed by atoms with van der Waals surface area (Å²) in [6.45, 7) is 0. The molecule has 1 aromatic carbocycles. The van der Waals surface area contributed by atoms with Crippen LogP contribution in [-0.4, -0.2) is 11.9 Å². The first-order valence-corrected chi connectivity index (χ1v) is 7.42. The minimum Gasteiger partial charge on any atom is -0.402 e. The summed E-state index contributed by atoms with van der Waals surface area (Å²) in [4.78, 5) is 15.7. The summed E-state index contributed by atoms with van der Waals surface area (Å²) in [6.07, 6.45) is 1.54. The molecule has 0 atom stereocenters. The Morgan fingerprint density at radius 2 is 2.10 bits per heavy atom. The molecule has 1 aromatic heterocycles. The second-order valence-corrected chi connectivity index (χ2v) is 6.43. The number of hydrogen-bond donors (Lipinski definition) is 0. The molecule has 0 spiro atoms. The summed E-state index contributed by atoms with van der Waals surface area (Å²) in [5.41, 5.74) is 0.794. The molecule has 0 amide bonds. The molecule has 0 saturated heterocycles. The Balaban J connectivity index is 1.97. The van der Waals surface area contributed by atoms with E-state index >= 15 is 0 Å². The van der Waals surface area contributed by atoms with Crippen LogP contribution in [0.15, 0.2) is 44.1 Å². The number of esters is 1. The van der Waals surface area contributed by atoms with Gasteiger partial charge in [0.25, 0.3) is 0 Å². The zero-order valence-corrected chi connectivity index (χ0v) is 12.7. The Hall–Kier alpha value is -1.86. The average molecular weight is 370 g/mol. The lowest BCUT2D eigenvalue weighted by Gasteiger charge is -2.00. The maximum atomic E-state index is 13.7. The van der Waals surface area contributed by atoms with Crippen LogP contribution in [0.2, 0.25) is 0 Å². The van der Waals surface area contributed by atoms with Gasteiger partial charge in [0.1, 0.15) is 11.6 Å². The highest BCUT2D eigenvalue weighted by molar-refractivity contribution is 9.11. The van der Waals surface area contributed by atoms with E-state index in [4.69, 9.17) is 4.74 Å². The van der Waals surface area contributed by atoms with Crippen LogP contribution in [0, 0.1) is 11.6 Å². The van der Waals surface area contributed by atoms with E-state index in [1.165, 1.54) is 23.5 Å². The Kier molecular flexibility index (Phi) is 3.69. The number of aliphatic imine (C=N–C) groups is 1. The van der Waals surface area contributed by atoms with Crippen LogP contribution < -0.4 is 0 Å². The van der Waals surface area contributed by atoms with Crippen LogP contribution in [0.3, 0.4) is 0 Å². The van der Waals surface area contributed by atoms with Gasteiger partial charge in [-0.3, -0.25) is 0 Å². The van der Waals surface area contributed by atoms with Gasteiger partial charge >= 0.3 is 5.97 Å². The van der Waals surface area contributed by atoms with Crippen molar-refractivity contribution in [1.82, 2.24) is 0 Å². The van der Waals surface area contributed by atoms with Gasteiger partial charge in [-0.2, -0.15) is 0 Å². The molecule has 7 heteroatoms. The van der Waals surface area contributed by atoms with E-state index in [9.17, 15) is 13.6 Å². The van der Waals surface area contributed by atoms with Crippen LogP contribution in [0.25, 0.3) is 6.08 Å². The Labute approximate surface area is 130 Å². The highest BCUT2D eigenvalue weighted by atomic mass is 79.9. The van der Waals surface area contributed by atoms with Gasteiger partial charge in [-0.25, -0.2) is 18.6 Å². The number of carbonyl (C=O) groups excluding carboxylic acids is 1. The molecule has 1 aliphatic heterocycles.